The molecule has 2 aromatic rings. The predicted octanol–water partition coefficient (Wildman–Crippen LogP) is 3.74. The van der Waals surface area contributed by atoms with E-state index in [-0.39, 0.29) is 35.4 Å². The van der Waals surface area contributed by atoms with Crippen LogP contribution >= 0.6 is 0 Å². The Morgan fingerprint density at radius 3 is 2.48 bits per heavy atom. The van der Waals surface area contributed by atoms with Crippen molar-refractivity contribution in [3.8, 4) is 11.1 Å². The molecule has 2 unspecified atom stereocenters. The Labute approximate surface area is 248 Å². The quantitative estimate of drug-likeness (QED) is 0.441. The number of hydroxylamine groups is 2. The van der Waals surface area contributed by atoms with Gasteiger partial charge in [0.25, 0.3) is 0 Å². The lowest BCUT2D eigenvalue weighted by Crippen LogP contribution is -2.70. The SMILES string of the molecule is CC1[C@@H]2C[C@]3(C[C@@H]1C3(C)C)c1ccc(-c3ccc(NC(=O)N(C)C)cc3)cc1CN1OC(CO)[C@@H]([C@H](C)O)[C@H]1C(=O)N2. The largest absolute Gasteiger partial charge is 0.394 e. The number of nitrogens with one attached hydrogen (secondary N) is 2. The number of hydrogen-bond donors (Lipinski definition) is 4. The third kappa shape index (κ3) is 4.35. The summed E-state index contributed by atoms with van der Waals surface area (Å²) in [6.07, 6.45) is 0.454. The van der Waals surface area contributed by atoms with E-state index in [0.717, 1.165) is 35.2 Å². The second-order valence-corrected chi connectivity index (χ2v) is 13.7. The van der Waals surface area contributed by atoms with Gasteiger partial charge in [-0.3, -0.25) is 9.63 Å². The topological polar surface area (TPSA) is 114 Å². The highest BCUT2D eigenvalue weighted by molar-refractivity contribution is 5.89. The molecule has 4 N–H and O–H groups in total. The van der Waals surface area contributed by atoms with E-state index in [1.54, 1.807) is 26.1 Å². The van der Waals surface area contributed by atoms with Crippen LogP contribution in [0.3, 0.4) is 0 Å². The number of rotatable bonds is 4. The summed E-state index contributed by atoms with van der Waals surface area (Å²) in [7, 11) is 3.41. The normalized spacial score (nSPS) is 33.9. The first-order valence-corrected chi connectivity index (χ1v) is 15.1. The third-order valence-electron chi connectivity index (χ3n) is 11.1. The summed E-state index contributed by atoms with van der Waals surface area (Å²) >= 11 is 0. The first-order valence-electron chi connectivity index (χ1n) is 15.1. The van der Waals surface area contributed by atoms with Crippen molar-refractivity contribution in [2.75, 3.05) is 26.0 Å². The van der Waals surface area contributed by atoms with Crippen LogP contribution < -0.4 is 10.6 Å². The molecule has 42 heavy (non-hydrogen) atoms. The van der Waals surface area contributed by atoms with Crippen LogP contribution in [-0.4, -0.2) is 77.1 Å². The van der Waals surface area contributed by atoms with E-state index >= 15 is 0 Å². The van der Waals surface area contributed by atoms with Crippen molar-refractivity contribution >= 4 is 17.6 Å². The van der Waals surface area contributed by atoms with Crippen molar-refractivity contribution in [3.63, 3.8) is 0 Å². The highest BCUT2D eigenvalue weighted by Gasteiger charge is 2.67. The maximum absolute atomic E-state index is 13.9. The van der Waals surface area contributed by atoms with E-state index in [2.05, 4.69) is 49.6 Å². The van der Waals surface area contributed by atoms with Gasteiger partial charge >= 0.3 is 6.03 Å². The van der Waals surface area contributed by atoms with Crippen LogP contribution in [0.15, 0.2) is 42.5 Å². The fourth-order valence-electron chi connectivity index (χ4n) is 8.56. The van der Waals surface area contributed by atoms with Crippen molar-refractivity contribution < 1.29 is 24.6 Å². The second-order valence-electron chi connectivity index (χ2n) is 13.7. The molecule has 226 valence electrons. The average molecular weight is 577 g/mol. The molecule has 3 bridgehead atoms. The molecule has 3 amide bonds. The highest BCUT2D eigenvalue weighted by Crippen LogP contribution is 2.70. The molecule has 0 aromatic heterocycles. The Morgan fingerprint density at radius 1 is 1.17 bits per heavy atom. The van der Waals surface area contributed by atoms with Crippen molar-refractivity contribution in [2.45, 2.75) is 76.8 Å². The average Bonchev–Trinajstić information content (AvgIpc) is 3.32. The molecule has 2 heterocycles. The number of carbonyl (C=O) groups excluding carboxylic acids is 2. The van der Waals surface area contributed by atoms with Crippen molar-refractivity contribution in [3.05, 3.63) is 53.6 Å². The third-order valence-corrected chi connectivity index (χ3v) is 11.1. The maximum Gasteiger partial charge on any atom is 0.321 e. The molecule has 2 aliphatic heterocycles. The van der Waals surface area contributed by atoms with Gasteiger partial charge in [-0.05, 0) is 77.5 Å². The number of nitrogens with zero attached hydrogens (tertiary/aromatic N) is 2. The van der Waals surface area contributed by atoms with E-state index in [0.29, 0.717) is 18.4 Å². The van der Waals surface area contributed by atoms with E-state index in [9.17, 15) is 19.8 Å². The van der Waals surface area contributed by atoms with Gasteiger partial charge < -0.3 is 25.7 Å². The van der Waals surface area contributed by atoms with Crippen molar-refractivity contribution in [2.24, 2.45) is 23.2 Å². The summed E-state index contributed by atoms with van der Waals surface area (Å²) in [5.41, 5.74) is 5.15. The van der Waals surface area contributed by atoms with Crippen LogP contribution in [0.25, 0.3) is 11.1 Å². The zero-order valence-electron chi connectivity index (χ0n) is 25.4. The van der Waals surface area contributed by atoms with Gasteiger partial charge in [-0.2, -0.15) is 5.06 Å². The molecule has 3 aliphatic carbocycles. The second kappa shape index (κ2) is 10.3. The van der Waals surface area contributed by atoms with E-state index in [1.165, 1.54) is 10.5 Å². The minimum Gasteiger partial charge on any atom is -0.394 e. The fourth-order valence-corrected chi connectivity index (χ4v) is 8.56. The zero-order chi connectivity index (χ0) is 30.1. The van der Waals surface area contributed by atoms with Gasteiger partial charge in [0.1, 0.15) is 12.1 Å². The maximum atomic E-state index is 13.9. The molecular formula is C33H44N4O5. The van der Waals surface area contributed by atoms with Crippen LogP contribution in [0.1, 0.15) is 51.7 Å². The Kier molecular flexibility index (Phi) is 7.16. The summed E-state index contributed by atoms with van der Waals surface area (Å²) in [6, 6.07) is 13.6. The number of urea groups is 1. The highest BCUT2D eigenvalue weighted by atomic mass is 16.7. The summed E-state index contributed by atoms with van der Waals surface area (Å²) < 4.78 is 0. The molecule has 3 saturated carbocycles. The number of aliphatic hydroxyl groups excluding tert-OH is 2. The molecule has 1 saturated heterocycles. The van der Waals surface area contributed by atoms with Crippen LogP contribution in [0.5, 0.6) is 0 Å². The Hall–Kier alpha value is -2.98. The summed E-state index contributed by atoms with van der Waals surface area (Å²) in [5.74, 6) is 0.124. The molecular weight excluding hydrogens is 532 g/mol. The number of fused-ring (bicyclic) bond motifs is 2. The van der Waals surface area contributed by atoms with Crippen LogP contribution in [0.2, 0.25) is 0 Å². The Morgan fingerprint density at radius 2 is 1.86 bits per heavy atom. The van der Waals surface area contributed by atoms with Gasteiger partial charge in [-0.25, -0.2) is 4.79 Å². The molecule has 2 aromatic carbocycles. The van der Waals surface area contributed by atoms with E-state index in [1.807, 2.05) is 24.3 Å². The van der Waals surface area contributed by atoms with Crippen molar-refractivity contribution in [1.82, 2.24) is 15.3 Å². The van der Waals surface area contributed by atoms with Gasteiger partial charge in [0.05, 0.1) is 19.3 Å². The number of anilines is 1. The van der Waals surface area contributed by atoms with Gasteiger partial charge in [0.15, 0.2) is 0 Å². The predicted molar refractivity (Wildman–Crippen MR) is 160 cm³/mol. The van der Waals surface area contributed by atoms with E-state index in [4.69, 9.17) is 4.84 Å². The Balaban J connectivity index is 1.43. The molecule has 5 aliphatic rings. The lowest BCUT2D eigenvalue weighted by Gasteiger charge is -2.70. The van der Waals surface area contributed by atoms with Crippen LogP contribution in [0, 0.1) is 23.2 Å². The monoisotopic (exact) mass is 576 g/mol. The molecule has 4 fully saturated rings. The molecule has 9 nitrogen and oxygen atoms in total. The standard InChI is InChI=1S/C33H44N4O5/c1-18-25-14-33(32(25,3)4)15-26(18)35-30(40)29-28(19(2)39)27(17-38)42-37(29)16-22-13-21(9-12-24(22)33)20-7-10-23(11-8-20)34-31(41)36(5)6/h7-13,18-19,25-29,38-39H,14-17H2,1-6H3,(H,34,41)(H,35,40)/t18?,19-,25-,26-,27?,28+,29-,33+/m0/s1. The van der Waals surface area contributed by atoms with Crippen LogP contribution in [-0.2, 0) is 21.6 Å². The van der Waals surface area contributed by atoms with Gasteiger partial charge in [0.2, 0.25) is 5.91 Å². The zero-order valence-corrected chi connectivity index (χ0v) is 25.4. The summed E-state index contributed by atoms with van der Waals surface area (Å²) in [6.45, 7) is 8.76. The summed E-state index contributed by atoms with van der Waals surface area (Å²) in [4.78, 5) is 33.7. The number of carbonyl (C=O) groups is 2. The molecule has 0 radical (unpaired) electrons. The number of benzene rings is 2. The number of amides is 3. The smallest absolute Gasteiger partial charge is 0.321 e. The lowest BCUT2D eigenvalue weighted by atomic mass is 9.35. The van der Waals surface area contributed by atoms with Crippen molar-refractivity contribution in [1.29, 1.82) is 0 Å². The lowest BCUT2D eigenvalue weighted by molar-refractivity contribution is -0.187. The first-order chi connectivity index (χ1) is 19.9. The van der Waals surface area contributed by atoms with Gasteiger partial charge in [0, 0.05) is 37.2 Å². The molecule has 7 rings (SSSR count). The Bertz CT molecular complexity index is 1370. The van der Waals surface area contributed by atoms with E-state index < -0.39 is 24.2 Å². The minimum absolute atomic E-state index is 0.0181. The minimum atomic E-state index is -0.828. The molecule has 1 spiro atoms. The van der Waals surface area contributed by atoms with Gasteiger partial charge in [-0.15, -0.1) is 0 Å². The summed E-state index contributed by atoms with van der Waals surface area (Å²) in [5, 5.41) is 28.8. The number of hydrogen-bond acceptors (Lipinski definition) is 6. The molecule has 9 heteroatoms. The van der Waals surface area contributed by atoms with Gasteiger partial charge in [-0.1, -0.05) is 45.0 Å². The first kappa shape index (κ1) is 29.1. The van der Waals surface area contributed by atoms with Crippen LogP contribution in [0.4, 0.5) is 10.5 Å². The number of aliphatic hydroxyl groups is 2. The molecule has 8 atom stereocenters. The fraction of sp³-hybridized carbons (Fsp3) is 0.576.